The van der Waals surface area contributed by atoms with Gasteiger partial charge in [0, 0.05) is 41.2 Å². The van der Waals surface area contributed by atoms with Crippen LogP contribution in [0.25, 0.3) is 0 Å². The molecule has 1 fully saturated rings. The Morgan fingerprint density at radius 3 is 2.34 bits per heavy atom. The summed E-state index contributed by atoms with van der Waals surface area (Å²) in [5.41, 5.74) is 10.3. The van der Waals surface area contributed by atoms with Gasteiger partial charge in [-0.2, -0.15) is 0 Å². The van der Waals surface area contributed by atoms with Crippen molar-refractivity contribution >= 4 is 40.6 Å². The number of rotatable bonds is 14. The molecule has 1 saturated heterocycles. The van der Waals surface area contributed by atoms with E-state index in [2.05, 4.69) is 10.6 Å². The summed E-state index contributed by atoms with van der Waals surface area (Å²) < 4.78 is 18.5. The lowest BCUT2D eigenvalue weighted by Crippen LogP contribution is -2.31. The quantitative estimate of drug-likeness (QED) is 0.0635. The molecule has 0 aliphatic carbocycles. The third-order valence-corrected chi connectivity index (χ3v) is 9.03. The standard InChI is InChI=1S/C37H41N3O6S/c1-44-32-13-4-5-14-34(32)47-24-29-22-33(26-19-17-25(23-41)18-20-26)46-37(45-29)27-9-8-10-28(21-27)39-35(42)15-6-7-16-36(43)40-31-12-3-2-11-30(31)38/h2-5,8-14,17-21,29,33,37,41H,6-7,15-16,22-24,38H2,1H3,(H,39,42)(H,40,43)/t29-,33+,37+/m1/s1. The van der Waals surface area contributed by atoms with Gasteiger partial charge in [0.1, 0.15) is 5.75 Å². The maximum atomic E-state index is 12.8. The molecule has 4 aromatic rings. The SMILES string of the molecule is COc1ccccc1SC[C@H]1C[C@@H](c2ccc(CO)cc2)O[C@@H](c2cccc(NC(=O)CCCCC(=O)Nc3ccccc3N)c2)O1. The highest BCUT2D eigenvalue weighted by Crippen LogP contribution is 2.40. The average Bonchev–Trinajstić information content (AvgIpc) is 3.10. The number of hydrogen-bond donors (Lipinski definition) is 4. The second-order valence-corrected chi connectivity index (χ2v) is 12.4. The number of aliphatic hydroxyl groups excluding tert-OH is 1. The number of anilines is 3. The first-order valence-corrected chi connectivity index (χ1v) is 16.7. The van der Waals surface area contributed by atoms with Crippen molar-refractivity contribution in [3.05, 3.63) is 114 Å². The van der Waals surface area contributed by atoms with Gasteiger partial charge in [-0.05, 0) is 60.4 Å². The zero-order valence-electron chi connectivity index (χ0n) is 26.4. The van der Waals surface area contributed by atoms with Crippen LogP contribution in [0.5, 0.6) is 5.75 Å². The normalized spacial score (nSPS) is 17.5. The molecule has 10 heteroatoms. The van der Waals surface area contributed by atoms with Crippen LogP contribution in [0, 0.1) is 0 Å². The Kier molecular flexibility index (Phi) is 12.3. The van der Waals surface area contributed by atoms with Gasteiger partial charge >= 0.3 is 0 Å². The molecule has 246 valence electrons. The number of amides is 2. The van der Waals surface area contributed by atoms with Gasteiger partial charge in [0.25, 0.3) is 0 Å². The number of carbonyl (C=O) groups is 2. The van der Waals surface area contributed by atoms with Gasteiger partial charge in [0.05, 0.1) is 37.3 Å². The van der Waals surface area contributed by atoms with Gasteiger partial charge in [-0.3, -0.25) is 9.59 Å². The van der Waals surface area contributed by atoms with Gasteiger partial charge in [0.15, 0.2) is 6.29 Å². The molecule has 47 heavy (non-hydrogen) atoms. The number of nitrogen functional groups attached to an aromatic ring is 1. The van der Waals surface area contributed by atoms with Crippen molar-refractivity contribution in [2.45, 2.75) is 62.1 Å². The number of carbonyl (C=O) groups excluding carboxylic acids is 2. The summed E-state index contributed by atoms with van der Waals surface area (Å²) in [5, 5.41) is 15.3. The van der Waals surface area contributed by atoms with E-state index in [1.807, 2.05) is 84.9 Å². The predicted octanol–water partition coefficient (Wildman–Crippen LogP) is 7.25. The molecule has 0 aromatic heterocycles. The van der Waals surface area contributed by atoms with Crippen LogP contribution in [-0.2, 0) is 25.7 Å². The molecule has 0 saturated carbocycles. The van der Waals surface area contributed by atoms with Crippen LogP contribution in [0.4, 0.5) is 17.1 Å². The number of nitrogens with one attached hydrogen (secondary N) is 2. The van der Waals surface area contributed by atoms with E-state index < -0.39 is 6.29 Å². The van der Waals surface area contributed by atoms with Crippen molar-refractivity contribution in [3.8, 4) is 5.75 Å². The Morgan fingerprint density at radius 1 is 0.872 bits per heavy atom. The lowest BCUT2D eigenvalue weighted by molar-refractivity contribution is -0.245. The van der Waals surface area contributed by atoms with Gasteiger partial charge < -0.3 is 35.7 Å². The molecule has 0 bridgehead atoms. The van der Waals surface area contributed by atoms with E-state index in [1.54, 1.807) is 31.0 Å². The molecule has 1 aliphatic rings. The Balaban J connectivity index is 1.19. The molecule has 1 aliphatic heterocycles. The molecule has 5 N–H and O–H groups in total. The fraction of sp³-hybridized carbons (Fsp3) is 0.297. The average molecular weight is 656 g/mol. The summed E-state index contributed by atoms with van der Waals surface area (Å²) in [7, 11) is 1.67. The summed E-state index contributed by atoms with van der Waals surface area (Å²) in [6, 6.07) is 30.3. The van der Waals surface area contributed by atoms with Crippen molar-refractivity contribution in [2.75, 3.05) is 29.2 Å². The molecule has 9 nitrogen and oxygen atoms in total. The third kappa shape index (κ3) is 9.82. The summed E-state index contributed by atoms with van der Waals surface area (Å²) in [6.07, 6.45) is 1.39. The number of ether oxygens (including phenoxy) is 3. The van der Waals surface area contributed by atoms with E-state index in [-0.39, 0.29) is 37.0 Å². The lowest BCUT2D eigenvalue weighted by Gasteiger charge is -2.36. The van der Waals surface area contributed by atoms with E-state index >= 15 is 0 Å². The molecular formula is C37H41N3O6S. The Hall–Kier alpha value is -4.35. The van der Waals surface area contributed by atoms with Crippen molar-refractivity contribution in [1.29, 1.82) is 0 Å². The minimum absolute atomic E-state index is 0.0205. The number of aliphatic hydroxyl groups is 1. The molecule has 0 radical (unpaired) electrons. The summed E-state index contributed by atoms with van der Waals surface area (Å²) in [4.78, 5) is 26.1. The zero-order chi connectivity index (χ0) is 33.0. The smallest absolute Gasteiger partial charge is 0.224 e. The second kappa shape index (κ2) is 17.0. The highest BCUT2D eigenvalue weighted by molar-refractivity contribution is 7.99. The van der Waals surface area contributed by atoms with Crippen molar-refractivity contribution in [2.24, 2.45) is 0 Å². The third-order valence-electron chi connectivity index (χ3n) is 7.84. The van der Waals surface area contributed by atoms with Crippen LogP contribution in [0.2, 0.25) is 0 Å². The molecule has 4 aromatic carbocycles. The highest BCUT2D eigenvalue weighted by Gasteiger charge is 2.32. The molecule has 0 unspecified atom stereocenters. The van der Waals surface area contributed by atoms with E-state index in [0.29, 0.717) is 48.5 Å². The van der Waals surface area contributed by atoms with Crippen LogP contribution in [0.3, 0.4) is 0 Å². The van der Waals surface area contributed by atoms with Crippen LogP contribution in [0.1, 0.15) is 61.2 Å². The van der Waals surface area contributed by atoms with E-state index in [0.717, 1.165) is 27.3 Å². The summed E-state index contributed by atoms with van der Waals surface area (Å²) >= 11 is 1.68. The van der Waals surface area contributed by atoms with Crippen molar-refractivity contribution < 1.29 is 28.9 Å². The molecule has 1 heterocycles. The Labute approximate surface area is 279 Å². The van der Waals surface area contributed by atoms with Gasteiger partial charge in [0.2, 0.25) is 11.8 Å². The minimum Gasteiger partial charge on any atom is -0.496 e. The van der Waals surface area contributed by atoms with Crippen molar-refractivity contribution in [1.82, 2.24) is 0 Å². The van der Waals surface area contributed by atoms with Gasteiger partial charge in [-0.15, -0.1) is 11.8 Å². The fourth-order valence-electron chi connectivity index (χ4n) is 5.32. The summed E-state index contributed by atoms with van der Waals surface area (Å²) in [6.45, 7) is -0.0205. The van der Waals surface area contributed by atoms with Crippen molar-refractivity contribution in [3.63, 3.8) is 0 Å². The molecule has 3 atom stereocenters. The number of para-hydroxylation sites is 3. The monoisotopic (exact) mass is 655 g/mol. The number of thioether (sulfide) groups is 1. The summed E-state index contributed by atoms with van der Waals surface area (Å²) in [5.74, 6) is 1.25. The van der Waals surface area contributed by atoms with E-state index in [9.17, 15) is 14.7 Å². The molecule has 2 amide bonds. The van der Waals surface area contributed by atoms with Crippen LogP contribution in [0.15, 0.2) is 102 Å². The van der Waals surface area contributed by atoms with Gasteiger partial charge in [-0.1, -0.05) is 60.7 Å². The highest BCUT2D eigenvalue weighted by atomic mass is 32.2. The lowest BCUT2D eigenvalue weighted by atomic mass is 10.0. The number of unbranched alkanes of at least 4 members (excludes halogenated alkanes) is 1. The molecule has 0 spiro atoms. The number of hydrogen-bond acceptors (Lipinski definition) is 8. The maximum absolute atomic E-state index is 12.8. The van der Waals surface area contributed by atoms with Crippen LogP contribution < -0.4 is 21.1 Å². The molecule has 5 rings (SSSR count). The second-order valence-electron chi connectivity index (χ2n) is 11.3. The topological polar surface area (TPSA) is 132 Å². The van der Waals surface area contributed by atoms with Crippen LogP contribution in [-0.4, -0.2) is 35.9 Å². The first kappa shape index (κ1) is 34.0. The minimum atomic E-state index is -0.649. The zero-order valence-corrected chi connectivity index (χ0v) is 27.2. The first-order valence-electron chi connectivity index (χ1n) is 15.7. The number of benzene rings is 4. The largest absolute Gasteiger partial charge is 0.496 e. The van der Waals surface area contributed by atoms with E-state index in [4.69, 9.17) is 19.9 Å². The predicted molar refractivity (Wildman–Crippen MR) is 185 cm³/mol. The number of methoxy groups -OCH3 is 1. The first-order chi connectivity index (χ1) is 22.9. The van der Waals surface area contributed by atoms with Gasteiger partial charge in [-0.25, -0.2) is 0 Å². The Bertz CT molecular complexity index is 1630. The number of nitrogens with two attached hydrogens (primary N) is 1. The Morgan fingerprint density at radius 2 is 1.60 bits per heavy atom. The van der Waals surface area contributed by atoms with E-state index in [1.165, 1.54) is 0 Å². The fourth-order valence-corrected chi connectivity index (χ4v) is 6.37. The van der Waals surface area contributed by atoms with Crippen LogP contribution >= 0.6 is 11.8 Å². The molecular weight excluding hydrogens is 614 g/mol. The maximum Gasteiger partial charge on any atom is 0.224 e.